The Hall–Kier alpha value is -1.19. The second-order valence-electron chi connectivity index (χ2n) is 6.41. The van der Waals surface area contributed by atoms with Crippen molar-refractivity contribution < 1.29 is 14.2 Å². The smallest absolute Gasteiger partial charge is 0.176 e. The minimum atomic E-state index is 0.622. The minimum absolute atomic E-state index is 0.622. The third-order valence-corrected chi connectivity index (χ3v) is 5.53. The number of rotatable bonds is 6. The van der Waals surface area contributed by atoms with Crippen LogP contribution in [0, 0.1) is 0 Å². The summed E-state index contributed by atoms with van der Waals surface area (Å²) in [4.78, 5) is 9.09. The highest BCUT2D eigenvalue weighted by molar-refractivity contribution is 9.10. The van der Waals surface area contributed by atoms with Crippen LogP contribution in [0.1, 0.15) is 0 Å². The molecule has 0 unspecified atom stereocenters. The van der Waals surface area contributed by atoms with Gasteiger partial charge in [0, 0.05) is 47.4 Å². The Kier molecular flexibility index (Phi) is 6.29. The first-order valence-electron chi connectivity index (χ1n) is 8.99. The molecule has 2 aromatic rings. The summed E-state index contributed by atoms with van der Waals surface area (Å²) in [6, 6.07) is 7.97. The van der Waals surface area contributed by atoms with Gasteiger partial charge in [-0.1, -0.05) is 15.9 Å². The standard InChI is InChI=1S/C19H21Br2N3O3/c20-14-1-2-16-17(11-14)27-18-12-15(21)13-22-19(18)24(16)6-10-26-9-5-23-3-7-25-8-4-23/h1-2,11-13H,3-10H2. The van der Waals surface area contributed by atoms with Crippen molar-refractivity contribution in [3.05, 3.63) is 39.4 Å². The van der Waals surface area contributed by atoms with E-state index in [0.717, 1.165) is 71.4 Å². The van der Waals surface area contributed by atoms with Crippen LogP contribution in [0.4, 0.5) is 11.5 Å². The zero-order chi connectivity index (χ0) is 18.6. The number of hydrogen-bond donors (Lipinski definition) is 0. The Bertz CT molecular complexity index is 748. The summed E-state index contributed by atoms with van der Waals surface area (Å²) in [6.45, 7) is 6.61. The molecule has 6 nitrogen and oxygen atoms in total. The molecule has 0 saturated carbocycles. The van der Waals surface area contributed by atoms with Gasteiger partial charge in [0.05, 0.1) is 32.1 Å². The molecule has 4 rings (SSSR count). The third kappa shape index (κ3) is 4.63. The molecule has 144 valence electrons. The van der Waals surface area contributed by atoms with Gasteiger partial charge in [-0.3, -0.25) is 4.90 Å². The van der Waals surface area contributed by atoms with Crippen molar-refractivity contribution in [3.8, 4) is 11.5 Å². The fourth-order valence-electron chi connectivity index (χ4n) is 3.22. The van der Waals surface area contributed by atoms with Gasteiger partial charge in [0.15, 0.2) is 17.3 Å². The topological polar surface area (TPSA) is 47.1 Å². The van der Waals surface area contributed by atoms with E-state index in [9.17, 15) is 0 Å². The van der Waals surface area contributed by atoms with Gasteiger partial charge < -0.3 is 19.1 Å². The number of morpholine rings is 1. The lowest BCUT2D eigenvalue weighted by Crippen LogP contribution is -2.38. The lowest BCUT2D eigenvalue weighted by molar-refractivity contribution is 0.0213. The molecule has 0 atom stereocenters. The van der Waals surface area contributed by atoms with Crippen molar-refractivity contribution >= 4 is 43.4 Å². The van der Waals surface area contributed by atoms with Crippen LogP contribution in [0.15, 0.2) is 39.4 Å². The maximum Gasteiger partial charge on any atom is 0.176 e. The van der Waals surface area contributed by atoms with Crippen LogP contribution in [0.3, 0.4) is 0 Å². The molecule has 0 aliphatic carbocycles. The fourth-order valence-corrected chi connectivity index (χ4v) is 3.87. The van der Waals surface area contributed by atoms with Gasteiger partial charge in [-0.25, -0.2) is 4.98 Å². The molecule has 1 saturated heterocycles. The van der Waals surface area contributed by atoms with Crippen molar-refractivity contribution in [2.24, 2.45) is 0 Å². The molecule has 2 aliphatic heterocycles. The number of aromatic nitrogens is 1. The SMILES string of the molecule is Brc1ccc2c(c1)Oc1cc(Br)cnc1N2CCOCCN1CCOCC1. The van der Waals surface area contributed by atoms with E-state index in [0.29, 0.717) is 13.2 Å². The highest BCUT2D eigenvalue weighted by Gasteiger charge is 2.26. The van der Waals surface area contributed by atoms with Gasteiger partial charge in [-0.05, 0) is 34.1 Å². The van der Waals surface area contributed by atoms with Gasteiger partial charge in [0.25, 0.3) is 0 Å². The quantitative estimate of drug-likeness (QED) is 0.556. The van der Waals surface area contributed by atoms with Gasteiger partial charge in [-0.15, -0.1) is 0 Å². The lowest BCUT2D eigenvalue weighted by atomic mass is 10.2. The second-order valence-corrected chi connectivity index (χ2v) is 8.24. The molecule has 0 radical (unpaired) electrons. The van der Waals surface area contributed by atoms with Gasteiger partial charge >= 0.3 is 0 Å². The number of nitrogens with zero attached hydrogens (tertiary/aromatic N) is 3. The molecule has 3 heterocycles. The molecule has 1 aromatic carbocycles. The predicted molar refractivity (Wildman–Crippen MR) is 111 cm³/mol. The molecule has 2 aliphatic rings. The summed E-state index contributed by atoms with van der Waals surface area (Å²) in [5.74, 6) is 2.36. The molecular formula is C19H21Br2N3O3. The summed E-state index contributed by atoms with van der Waals surface area (Å²) in [5.41, 5.74) is 0.998. The van der Waals surface area contributed by atoms with Crippen molar-refractivity contribution in [1.82, 2.24) is 9.88 Å². The van der Waals surface area contributed by atoms with E-state index in [4.69, 9.17) is 14.2 Å². The molecule has 0 spiro atoms. The van der Waals surface area contributed by atoms with E-state index in [1.165, 1.54) is 0 Å². The molecule has 1 fully saturated rings. The third-order valence-electron chi connectivity index (χ3n) is 4.60. The summed E-state index contributed by atoms with van der Waals surface area (Å²) >= 11 is 6.98. The maximum atomic E-state index is 6.05. The first-order chi connectivity index (χ1) is 13.2. The summed E-state index contributed by atoms with van der Waals surface area (Å²) in [7, 11) is 0. The van der Waals surface area contributed by atoms with E-state index in [1.807, 2.05) is 24.3 Å². The van der Waals surface area contributed by atoms with Gasteiger partial charge in [0.2, 0.25) is 0 Å². The first kappa shape index (κ1) is 19.1. The van der Waals surface area contributed by atoms with Crippen LogP contribution in [0.25, 0.3) is 0 Å². The summed E-state index contributed by atoms with van der Waals surface area (Å²) in [5, 5.41) is 0. The zero-order valence-corrected chi connectivity index (χ0v) is 18.0. The van der Waals surface area contributed by atoms with Crippen molar-refractivity contribution in [3.63, 3.8) is 0 Å². The molecule has 0 N–H and O–H groups in total. The molecule has 27 heavy (non-hydrogen) atoms. The number of anilines is 2. The number of pyridine rings is 1. The van der Waals surface area contributed by atoms with Crippen LogP contribution in [-0.2, 0) is 9.47 Å². The van der Waals surface area contributed by atoms with E-state index in [2.05, 4.69) is 46.6 Å². The Morgan fingerprint density at radius 2 is 1.78 bits per heavy atom. The number of benzene rings is 1. The van der Waals surface area contributed by atoms with Crippen LogP contribution < -0.4 is 9.64 Å². The van der Waals surface area contributed by atoms with E-state index in [1.54, 1.807) is 6.20 Å². The van der Waals surface area contributed by atoms with Gasteiger partial charge in [-0.2, -0.15) is 0 Å². The monoisotopic (exact) mass is 497 g/mol. The zero-order valence-electron chi connectivity index (χ0n) is 14.9. The van der Waals surface area contributed by atoms with Crippen molar-refractivity contribution in [2.75, 3.05) is 57.5 Å². The lowest BCUT2D eigenvalue weighted by Gasteiger charge is -2.32. The number of fused-ring (bicyclic) bond motifs is 2. The normalized spacial score (nSPS) is 16.6. The minimum Gasteiger partial charge on any atom is -0.451 e. The molecule has 0 amide bonds. The second kappa shape index (κ2) is 8.87. The van der Waals surface area contributed by atoms with E-state index >= 15 is 0 Å². The van der Waals surface area contributed by atoms with Gasteiger partial charge in [0.1, 0.15) is 0 Å². The largest absolute Gasteiger partial charge is 0.451 e. The maximum absolute atomic E-state index is 6.05. The van der Waals surface area contributed by atoms with E-state index in [-0.39, 0.29) is 0 Å². The Morgan fingerprint density at radius 1 is 1.00 bits per heavy atom. The van der Waals surface area contributed by atoms with E-state index < -0.39 is 0 Å². The average Bonchev–Trinajstić information content (AvgIpc) is 2.67. The number of ether oxygens (including phenoxy) is 3. The van der Waals surface area contributed by atoms with Crippen LogP contribution >= 0.6 is 31.9 Å². The van der Waals surface area contributed by atoms with Crippen LogP contribution in [0.5, 0.6) is 11.5 Å². The Labute approximate surface area is 175 Å². The highest BCUT2D eigenvalue weighted by atomic mass is 79.9. The van der Waals surface area contributed by atoms with Crippen LogP contribution in [0.2, 0.25) is 0 Å². The molecular weight excluding hydrogens is 478 g/mol. The summed E-state index contributed by atoms with van der Waals surface area (Å²) in [6.07, 6.45) is 1.79. The molecule has 0 bridgehead atoms. The highest BCUT2D eigenvalue weighted by Crippen LogP contribution is 2.46. The number of hydrogen-bond acceptors (Lipinski definition) is 6. The average molecular weight is 499 g/mol. The Balaban J connectivity index is 1.41. The summed E-state index contributed by atoms with van der Waals surface area (Å²) < 4.78 is 19.2. The first-order valence-corrected chi connectivity index (χ1v) is 10.6. The Morgan fingerprint density at radius 3 is 2.63 bits per heavy atom. The molecule has 8 heteroatoms. The van der Waals surface area contributed by atoms with Crippen molar-refractivity contribution in [1.29, 1.82) is 0 Å². The predicted octanol–water partition coefficient (Wildman–Crippen LogP) is 4.20. The van der Waals surface area contributed by atoms with Crippen molar-refractivity contribution in [2.45, 2.75) is 0 Å². The fraction of sp³-hybridized carbons (Fsp3) is 0.421. The van der Waals surface area contributed by atoms with Crippen LogP contribution in [-0.4, -0.2) is 62.5 Å². The molecule has 1 aromatic heterocycles. The number of halogens is 2.